The van der Waals surface area contributed by atoms with Crippen LogP contribution in [0.3, 0.4) is 0 Å². The summed E-state index contributed by atoms with van der Waals surface area (Å²) in [4.78, 5) is 20.9. The molecule has 19 heavy (non-hydrogen) atoms. The standard InChI is InChI=1S/C11H9F2N3O3/c12-7-5-8(10(13)9(6-7)16(18)19)11(17)15-4-2-1-3-14/h5-6H,1-2,4H2,(H,15,17). The summed E-state index contributed by atoms with van der Waals surface area (Å²) in [7, 11) is 0. The van der Waals surface area contributed by atoms with Gasteiger partial charge in [0.25, 0.3) is 5.91 Å². The molecule has 0 spiro atoms. The molecule has 0 unspecified atom stereocenters. The molecular weight excluding hydrogens is 260 g/mol. The van der Waals surface area contributed by atoms with Gasteiger partial charge < -0.3 is 5.32 Å². The maximum absolute atomic E-state index is 13.6. The van der Waals surface area contributed by atoms with Gasteiger partial charge in [-0.1, -0.05) is 0 Å². The molecule has 0 heterocycles. The third-order valence-corrected chi connectivity index (χ3v) is 2.21. The van der Waals surface area contributed by atoms with Gasteiger partial charge in [0.15, 0.2) is 0 Å². The minimum Gasteiger partial charge on any atom is -0.352 e. The lowest BCUT2D eigenvalue weighted by Gasteiger charge is -2.05. The molecule has 1 N–H and O–H groups in total. The first-order valence-corrected chi connectivity index (χ1v) is 5.26. The van der Waals surface area contributed by atoms with E-state index in [2.05, 4.69) is 5.32 Å². The third-order valence-electron chi connectivity index (χ3n) is 2.21. The monoisotopic (exact) mass is 269 g/mol. The van der Waals surface area contributed by atoms with Crippen LogP contribution in [0, 0.1) is 33.1 Å². The van der Waals surface area contributed by atoms with Crippen LogP contribution in [0.5, 0.6) is 0 Å². The molecule has 0 aliphatic carbocycles. The molecule has 0 aliphatic heterocycles. The molecule has 1 amide bonds. The van der Waals surface area contributed by atoms with Crippen molar-refractivity contribution in [3.8, 4) is 6.07 Å². The Bertz CT molecular complexity index is 555. The molecule has 6 nitrogen and oxygen atoms in total. The van der Waals surface area contributed by atoms with Crippen molar-refractivity contribution < 1.29 is 18.5 Å². The molecule has 0 radical (unpaired) electrons. The average Bonchev–Trinajstić information content (AvgIpc) is 2.36. The molecule has 0 atom stereocenters. The molecule has 0 saturated heterocycles. The highest BCUT2D eigenvalue weighted by Gasteiger charge is 2.23. The zero-order valence-electron chi connectivity index (χ0n) is 9.65. The van der Waals surface area contributed by atoms with Crippen LogP contribution in [0.15, 0.2) is 12.1 Å². The van der Waals surface area contributed by atoms with Gasteiger partial charge in [0.05, 0.1) is 22.6 Å². The van der Waals surface area contributed by atoms with Gasteiger partial charge in [0.2, 0.25) is 5.82 Å². The van der Waals surface area contributed by atoms with Crippen molar-refractivity contribution in [3.05, 3.63) is 39.4 Å². The molecule has 0 aromatic heterocycles. The SMILES string of the molecule is N#CCCCNC(=O)c1cc(F)cc([N+](=O)[O-])c1F. The first-order chi connectivity index (χ1) is 8.97. The molecule has 0 bridgehead atoms. The fraction of sp³-hybridized carbons (Fsp3) is 0.273. The van der Waals surface area contributed by atoms with E-state index >= 15 is 0 Å². The molecular formula is C11H9F2N3O3. The molecule has 1 aromatic carbocycles. The normalized spacial score (nSPS) is 9.74. The first-order valence-electron chi connectivity index (χ1n) is 5.26. The van der Waals surface area contributed by atoms with Gasteiger partial charge in [0.1, 0.15) is 5.82 Å². The van der Waals surface area contributed by atoms with Crippen molar-refractivity contribution in [3.63, 3.8) is 0 Å². The van der Waals surface area contributed by atoms with Crippen molar-refractivity contribution in [1.82, 2.24) is 5.32 Å². The zero-order valence-corrected chi connectivity index (χ0v) is 9.65. The summed E-state index contributed by atoms with van der Waals surface area (Å²) in [5, 5.41) is 21.0. The lowest BCUT2D eigenvalue weighted by molar-refractivity contribution is -0.387. The Kier molecular flexibility index (Phi) is 4.88. The zero-order chi connectivity index (χ0) is 14.4. The van der Waals surface area contributed by atoms with Crippen molar-refractivity contribution in [2.45, 2.75) is 12.8 Å². The van der Waals surface area contributed by atoms with E-state index in [1.165, 1.54) is 0 Å². The Balaban J connectivity index is 2.91. The summed E-state index contributed by atoms with van der Waals surface area (Å²) >= 11 is 0. The van der Waals surface area contributed by atoms with Crippen LogP contribution >= 0.6 is 0 Å². The maximum Gasteiger partial charge on any atom is 0.308 e. The first kappa shape index (κ1) is 14.5. The summed E-state index contributed by atoms with van der Waals surface area (Å²) in [5.74, 6) is -3.42. The molecule has 0 saturated carbocycles. The van der Waals surface area contributed by atoms with Gasteiger partial charge in [-0.05, 0) is 12.5 Å². The fourth-order valence-electron chi connectivity index (χ4n) is 1.34. The van der Waals surface area contributed by atoms with Gasteiger partial charge in [-0.15, -0.1) is 0 Å². The number of amides is 1. The van der Waals surface area contributed by atoms with E-state index in [9.17, 15) is 23.7 Å². The van der Waals surface area contributed by atoms with Crippen LogP contribution in [0.2, 0.25) is 0 Å². The molecule has 8 heteroatoms. The van der Waals surface area contributed by atoms with E-state index in [0.29, 0.717) is 18.6 Å². The van der Waals surface area contributed by atoms with E-state index in [1.54, 1.807) is 0 Å². The number of carbonyl (C=O) groups is 1. The van der Waals surface area contributed by atoms with E-state index < -0.39 is 33.7 Å². The van der Waals surface area contributed by atoms with E-state index in [4.69, 9.17) is 5.26 Å². The summed E-state index contributed by atoms with van der Waals surface area (Å²) in [6, 6.07) is 2.84. The molecule has 1 rings (SSSR count). The second-order valence-corrected chi connectivity index (χ2v) is 3.56. The lowest BCUT2D eigenvalue weighted by Crippen LogP contribution is -2.25. The lowest BCUT2D eigenvalue weighted by atomic mass is 10.1. The van der Waals surface area contributed by atoms with Crippen LogP contribution < -0.4 is 5.32 Å². The van der Waals surface area contributed by atoms with Crippen LogP contribution in [-0.4, -0.2) is 17.4 Å². The van der Waals surface area contributed by atoms with Crippen molar-refractivity contribution in [1.29, 1.82) is 5.26 Å². The summed E-state index contributed by atoms with van der Waals surface area (Å²) in [6.45, 7) is 0.0934. The van der Waals surface area contributed by atoms with Crippen LogP contribution in [0.25, 0.3) is 0 Å². The van der Waals surface area contributed by atoms with Crippen LogP contribution in [0.1, 0.15) is 23.2 Å². The Morgan fingerprint density at radius 1 is 1.47 bits per heavy atom. The predicted molar refractivity (Wildman–Crippen MR) is 60.2 cm³/mol. The number of unbranched alkanes of at least 4 members (excludes halogenated alkanes) is 1. The highest BCUT2D eigenvalue weighted by Crippen LogP contribution is 2.22. The van der Waals surface area contributed by atoms with Gasteiger partial charge in [0, 0.05) is 13.0 Å². The van der Waals surface area contributed by atoms with E-state index in [0.717, 1.165) is 0 Å². The van der Waals surface area contributed by atoms with Gasteiger partial charge in [-0.2, -0.15) is 9.65 Å². The Hall–Kier alpha value is -2.56. The minimum atomic E-state index is -1.39. The third kappa shape index (κ3) is 3.70. The van der Waals surface area contributed by atoms with Gasteiger partial charge in [-0.3, -0.25) is 14.9 Å². The topological polar surface area (TPSA) is 96.0 Å². The quantitative estimate of drug-likeness (QED) is 0.501. The maximum atomic E-state index is 13.6. The van der Waals surface area contributed by atoms with E-state index in [1.807, 2.05) is 6.07 Å². The Morgan fingerprint density at radius 2 is 2.16 bits per heavy atom. The number of halogens is 2. The van der Waals surface area contributed by atoms with Crippen molar-refractivity contribution >= 4 is 11.6 Å². The number of carbonyl (C=O) groups excluding carboxylic acids is 1. The number of nitro groups is 1. The largest absolute Gasteiger partial charge is 0.352 e. The smallest absolute Gasteiger partial charge is 0.308 e. The summed E-state index contributed by atoms with van der Waals surface area (Å²) in [6.07, 6.45) is 0.549. The predicted octanol–water partition coefficient (Wildman–Crippen LogP) is 1.91. The molecule has 0 aliphatic rings. The second-order valence-electron chi connectivity index (χ2n) is 3.56. The van der Waals surface area contributed by atoms with Crippen molar-refractivity contribution in [2.24, 2.45) is 0 Å². The van der Waals surface area contributed by atoms with Crippen molar-refractivity contribution in [2.75, 3.05) is 6.54 Å². The second kappa shape index (κ2) is 6.39. The van der Waals surface area contributed by atoms with Crippen LogP contribution in [-0.2, 0) is 0 Å². The Morgan fingerprint density at radius 3 is 2.74 bits per heavy atom. The number of benzene rings is 1. The number of nitriles is 1. The number of nitro benzene ring substituents is 1. The van der Waals surface area contributed by atoms with E-state index in [-0.39, 0.29) is 13.0 Å². The number of nitrogens with zero attached hydrogens (tertiary/aromatic N) is 2. The number of hydrogen-bond donors (Lipinski definition) is 1. The highest BCUT2D eigenvalue weighted by molar-refractivity contribution is 5.95. The van der Waals surface area contributed by atoms with Gasteiger partial charge in [-0.25, -0.2) is 4.39 Å². The summed E-state index contributed by atoms with van der Waals surface area (Å²) < 4.78 is 26.7. The highest BCUT2D eigenvalue weighted by atomic mass is 19.1. The molecule has 0 fully saturated rings. The van der Waals surface area contributed by atoms with Gasteiger partial charge >= 0.3 is 5.69 Å². The molecule has 1 aromatic rings. The molecule has 100 valence electrons. The fourth-order valence-corrected chi connectivity index (χ4v) is 1.34. The Labute approximate surface area is 106 Å². The summed E-state index contributed by atoms with van der Waals surface area (Å²) in [5.41, 5.74) is -1.83. The average molecular weight is 269 g/mol. The number of nitrogens with one attached hydrogen (secondary N) is 1. The van der Waals surface area contributed by atoms with Crippen LogP contribution in [0.4, 0.5) is 14.5 Å². The minimum absolute atomic E-state index is 0.0934. The number of rotatable bonds is 5. The number of hydrogen-bond acceptors (Lipinski definition) is 4.